The van der Waals surface area contributed by atoms with E-state index in [9.17, 15) is 18.4 Å². The van der Waals surface area contributed by atoms with Crippen LogP contribution < -0.4 is 5.32 Å². The summed E-state index contributed by atoms with van der Waals surface area (Å²) in [4.78, 5) is 29.3. The van der Waals surface area contributed by atoms with E-state index in [1.807, 2.05) is 0 Å². The van der Waals surface area contributed by atoms with Crippen LogP contribution in [0.25, 0.3) is 5.65 Å². The fourth-order valence-electron chi connectivity index (χ4n) is 3.74. The molecule has 0 aromatic carbocycles. The fraction of sp³-hybridized carbons (Fsp3) is 0.636. The van der Waals surface area contributed by atoms with Crippen LogP contribution in [-0.4, -0.2) is 51.2 Å². The zero-order valence-electron chi connectivity index (χ0n) is 18.9. The van der Waals surface area contributed by atoms with Crippen LogP contribution in [0.5, 0.6) is 0 Å². The number of rotatable bonds is 7. The molecule has 32 heavy (non-hydrogen) atoms. The molecule has 176 valence electrons. The van der Waals surface area contributed by atoms with Gasteiger partial charge in [0.25, 0.3) is 0 Å². The molecule has 2 aromatic rings. The summed E-state index contributed by atoms with van der Waals surface area (Å²) in [5.74, 6) is -3.14. The van der Waals surface area contributed by atoms with Crippen LogP contribution in [0.4, 0.5) is 13.6 Å². The zero-order valence-corrected chi connectivity index (χ0v) is 18.9. The summed E-state index contributed by atoms with van der Waals surface area (Å²) in [5, 5.41) is 7.05. The molecule has 1 saturated carbocycles. The van der Waals surface area contributed by atoms with Crippen molar-refractivity contribution < 1.29 is 27.8 Å². The largest absolute Gasteiger partial charge is 0.444 e. The Balaban J connectivity index is 1.87. The van der Waals surface area contributed by atoms with Gasteiger partial charge in [-0.1, -0.05) is 0 Å². The Bertz CT molecular complexity index is 960. The number of nitrogens with one attached hydrogen (secondary N) is 1. The van der Waals surface area contributed by atoms with Crippen molar-refractivity contribution in [3.8, 4) is 0 Å². The molecular formula is C22H30F2N4O4. The van der Waals surface area contributed by atoms with Gasteiger partial charge in [0, 0.05) is 25.0 Å². The minimum absolute atomic E-state index is 0.0545. The highest BCUT2D eigenvalue weighted by atomic mass is 19.3. The summed E-state index contributed by atoms with van der Waals surface area (Å²) in [6, 6.07) is 0.974. The Hall–Kier alpha value is -2.62. The standard InChI is InChI=1S/C22H30F2N4O4/c1-5-31-13-17(29)15-10-18-26-16(12-28(18)25-11-15)19(27-20(30)32-21(2,3)4)14-6-8-22(23,24)9-7-14/h10-12,14,19H,5-9,13H2,1-4H3,(H,27,30). The minimum Gasteiger partial charge on any atom is -0.444 e. The molecule has 0 saturated heterocycles. The van der Waals surface area contributed by atoms with Gasteiger partial charge in [-0.2, -0.15) is 5.10 Å². The Morgan fingerprint density at radius 3 is 2.62 bits per heavy atom. The summed E-state index contributed by atoms with van der Waals surface area (Å²) < 4.78 is 39.5. The van der Waals surface area contributed by atoms with Crippen LogP contribution >= 0.6 is 0 Å². The molecule has 2 heterocycles. The number of hydrogen-bond acceptors (Lipinski definition) is 6. The molecule has 2 aromatic heterocycles. The molecule has 1 N–H and O–H groups in total. The van der Waals surface area contributed by atoms with Gasteiger partial charge in [0.15, 0.2) is 11.4 Å². The summed E-state index contributed by atoms with van der Waals surface area (Å²) in [7, 11) is 0. The van der Waals surface area contributed by atoms with Crippen LogP contribution in [-0.2, 0) is 9.47 Å². The number of nitrogens with zero attached hydrogens (tertiary/aromatic N) is 3. The van der Waals surface area contributed by atoms with Crippen molar-refractivity contribution >= 4 is 17.5 Å². The van der Waals surface area contributed by atoms with E-state index >= 15 is 0 Å². The number of Topliss-reactive ketones (excluding diaryl/α,β-unsaturated/α-hetero) is 1. The maximum atomic E-state index is 13.7. The number of alkyl halides is 2. The molecule has 1 unspecified atom stereocenters. The van der Waals surface area contributed by atoms with Gasteiger partial charge in [0.2, 0.25) is 5.92 Å². The van der Waals surface area contributed by atoms with Crippen LogP contribution in [0.2, 0.25) is 0 Å². The lowest BCUT2D eigenvalue weighted by Gasteiger charge is -2.33. The first kappa shape index (κ1) is 24.0. The summed E-state index contributed by atoms with van der Waals surface area (Å²) in [6.45, 7) is 7.41. The SMILES string of the molecule is CCOCC(=O)c1cnn2cc(C(NC(=O)OC(C)(C)C)C3CCC(F)(F)CC3)nc2c1. The monoisotopic (exact) mass is 452 g/mol. The van der Waals surface area contributed by atoms with Crippen LogP contribution in [0.3, 0.4) is 0 Å². The molecule has 10 heteroatoms. The number of halogens is 2. The molecule has 1 aliphatic rings. The van der Waals surface area contributed by atoms with Crippen molar-refractivity contribution in [1.29, 1.82) is 0 Å². The summed E-state index contributed by atoms with van der Waals surface area (Å²) in [6.07, 6.45) is 2.42. The average Bonchev–Trinajstić information content (AvgIpc) is 3.12. The van der Waals surface area contributed by atoms with Gasteiger partial charge >= 0.3 is 6.09 Å². The molecule has 8 nitrogen and oxygen atoms in total. The summed E-state index contributed by atoms with van der Waals surface area (Å²) >= 11 is 0. The molecule has 0 aliphatic heterocycles. The number of hydrogen-bond donors (Lipinski definition) is 1. The zero-order chi connectivity index (χ0) is 23.5. The third kappa shape index (κ3) is 6.21. The number of fused-ring (bicyclic) bond motifs is 1. The number of ether oxygens (including phenoxy) is 2. The number of imidazole rings is 1. The van der Waals surface area contributed by atoms with E-state index < -0.39 is 23.7 Å². The quantitative estimate of drug-likeness (QED) is 0.628. The Morgan fingerprint density at radius 1 is 1.31 bits per heavy atom. The van der Waals surface area contributed by atoms with Crippen LogP contribution in [0, 0.1) is 5.92 Å². The van der Waals surface area contributed by atoms with Gasteiger partial charge in [0.1, 0.15) is 12.2 Å². The normalized spacial score (nSPS) is 17.8. The topological polar surface area (TPSA) is 94.8 Å². The van der Waals surface area contributed by atoms with Gasteiger partial charge in [-0.05, 0) is 52.5 Å². The number of ketones is 1. The van der Waals surface area contributed by atoms with Crippen LogP contribution in [0.15, 0.2) is 18.5 Å². The van der Waals surface area contributed by atoms with E-state index in [4.69, 9.17) is 9.47 Å². The fourth-order valence-corrected chi connectivity index (χ4v) is 3.74. The number of aromatic nitrogens is 3. The highest BCUT2D eigenvalue weighted by Gasteiger charge is 2.39. The number of amides is 1. The van der Waals surface area contributed by atoms with Crippen LogP contribution in [0.1, 0.15) is 75.5 Å². The minimum atomic E-state index is -2.69. The highest BCUT2D eigenvalue weighted by Crippen LogP contribution is 2.41. The summed E-state index contributed by atoms with van der Waals surface area (Å²) in [5.41, 5.74) is 0.550. The molecule has 1 aliphatic carbocycles. The molecule has 0 bridgehead atoms. The Labute approximate surface area is 185 Å². The van der Waals surface area contributed by atoms with E-state index in [1.54, 1.807) is 40.0 Å². The van der Waals surface area contributed by atoms with Crippen molar-refractivity contribution in [3.63, 3.8) is 0 Å². The van der Waals surface area contributed by atoms with Crippen molar-refractivity contribution in [1.82, 2.24) is 19.9 Å². The van der Waals surface area contributed by atoms with Crippen molar-refractivity contribution in [2.75, 3.05) is 13.2 Å². The van der Waals surface area contributed by atoms with E-state index in [1.165, 1.54) is 10.7 Å². The maximum absolute atomic E-state index is 13.7. The van der Waals surface area contributed by atoms with Crippen molar-refractivity contribution in [2.45, 2.75) is 70.9 Å². The second-order valence-corrected chi connectivity index (χ2v) is 9.09. The molecule has 0 spiro atoms. The maximum Gasteiger partial charge on any atom is 0.408 e. The second-order valence-electron chi connectivity index (χ2n) is 9.09. The van der Waals surface area contributed by atoms with Gasteiger partial charge < -0.3 is 14.8 Å². The molecule has 1 fully saturated rings. The second kappa shape index (κ2) is 9.48. The predicted octanol–water partition coefficient (Wildman–Crippen LogP) is 4.34. The van der Waals surface area contributed by atoms with E-state index in [-0.39, 0.29) is 44.0 Å². The lowest BCUT2D eigenvalue weighted by Crippen LogP contribution is -2.40. The molecule has 1 atom stereocenters. The van der Waals surface area contributed by atoms with Gasteiger partial charge in [0.05, 0.1) is 24.1 Å². The van der Waals surface area contributed by atoms with E-state index in [2.05, 4.69) is 15.4 Å². The molecular weight excluding hydrogens is 422 g/mol. The van der Waals surface area contributed by atoms with Crippen molar-refractivity contribution in [3.05, 3.63) is 29.7 Å². The smallest absolute Gasteiger partial charge is 0.408 e. The third-order valence-corrected chi connectivity index (χ3v) is 5.32. The number of carbonyl (C=O) groups is 2. The first-order chi connectivity index (χ1) is 15.0. The first-order valence-electron chi connectivity index (χ1n) is 10.8. The predicted molar refractivity (Wildman–Crippen MR) is 113 cm³/mol. The van der Waals surface area contributed by atoms with E-state index in [0.29, 0.717) is 23.5 Å². The highest BCUT2D eigenvalue weighted by molar-refractivity contribution is 5.97. The Morgan fingerprint density at radius 2 is 2.00 bits per heavy atom. The molecule has 3 rings (SSSR count). The van der Waals surface area contributed by atoms with E-state index in [0.717, 1.165) is 0 Å². The number of alkyl carbamates (subject to hydrolysis) is 1. The number of carbonyl (C=O) groups excluding carboxylic acids is 2. The average molecular weight is 453 g/mol. The lowest BCUT2D eigenvalue weighted by molar-refractivity contribution is -0.0500. The third-order valence-electron chi connectivity index (χ3n) is 5.32. The first-order valence-corrected chi connectivity index (χ1v) is 10.8. The van der Waals surface area contributed by atoms with Crippen molar-refractivity contribution in [2.24, 2.45) is 5.92 Å². The molecule has 1 amide bonds. The molecule has 0 radical (unpaired) electrons. The van der Waals surface area contributed by atoms with Gasteiger partial charge in [-0.25, -0.2) is 23.1 Å². The van der Waals surface area contributed by atoms with Gasteiger partial charge in [-0.3, -0.25) is 4.79 Å². The lowest BCUT2D eigenvalue weighted by atomic mass is 9.81. The van der Waals surface area contributed by atoms with Gasteiger partial charge in [-0.15, -0.1) is 0 Å². The Kier molecular flexibility index (Phi) is 7.12.